The third-order valence-electron chi connectivity index (χ3n) is 2.74. The largest absolute Gasteiger partial charge is 0.376 e. The van der Waals surface area contributed by atoms with Crippen LogP contribution in [0.15, 0.2) is 54.6 Å². The van der Waals surface area contributed by atoms with Gasteiger partial charge in [0.25, 0.3) is 0 Å². The van der Waals surface area contributed by atoms with Gasteiger partial charge in [-0.2, -0.15) is 0 Å². The van der Waals surface area contributed by atoms with Gasteiger partial charge in [0.2, 0.25) is 0 Å². The summed E-state index contributed by atoms with van der Waals surface area (Å²) < 4.78 is 29.7. The molecule has 2 aromatic carbocycles. The van der Waals surface area contributed by atoms with Crippen LogP contribution >= 0.6 is 7.60 Å². The van der Waals surface area contributed by atoms with Crippen LogP contribution in [0.4, 0.5) is 4.39 Å². The molecule has 2 N–H and O–H groups in total. The average Bonchev–Trinajstić information content (AvgIpc) is 2.46. The molecule has 4 nitrogen and oxygen atoms in total. The summed E-state index contributed by atoms with van der Waals surface area (Å²) in [5.41, 5.74) is 0.846. The lowest BCUT2D eigenvalue weighted by Crippen LogP contribution is -2.02. The maximum absolute atomic E-state index is 12.8. The van der Waals surface area contributed by atoms with Gasteiger partial charge in [-0.25, -0.2) is 4.39 Å². The topological polar surface area (TPSA) is 66.8 Å². The Kier molecular flexibility index (Phi) is 4.68. The van der Waals surface area contributed by atoms with Crippen LogP contribution in [0.25, 0.3) is 0 Å². The molecule has 106 valence electrons. The van der Waals surface area contributed by atoms with E-state index in [1.165, 1.54) is 12.1 Å². The highest BCUT2D eigenvalue weighted by atomic mass is 31.2. The van der Waals surface area contributed by atoms with Gasteiger partial charge < -0.3 is 14.5 Å². The molecule has 6 heteroatoms. The summed E-state index contributed by atoms with van der Waals surface area (Å²) in [7, 11) is -4.25. The first kappa shape index (κ1) is 14.9. The van der Waals surface area contributed by atoms with E-state index in [4.69, 9.17) is 4.52 Å². The van der Waals surface area contributed by atoms with E-state index in [1.807, 2.05) is 6.07 Å². The number of hydrogen-bond donors (Lipinski definition) is 2. The van der Waals surface area contributed by atoms with E-state index in [0.29, 0.717) is 5.56 Å². The molecule has 2 aromatic rings. The Bertz CT molecular complexity index is 600. The van der Waals surface area contributed by atoms with Crippen LogP contribution in [0, 0.1) is 5.82 Å². The van der Waals surface area contributed by atoms with Crippen LogP contribution in [0.3, 0.4) is 0 Å². The van der Waals surface area contributed by atoms with Crippen molar-refractivity contribution in [2.45, 2.75) is 12.5 Å². The molecule has 2 unspecified atom stereocenters. The smallest absolute Gasteiger partial charge is 0.361 e. The summed E-state index contributed by atoms with van der Waals surface area (Å²) in [4.78, 5) is 9.76. The Morgan fingerprint density at radius 1 is 1.10 bits per heavy atom. The third-order valence-corrected chi connectivity index (χ3v) is 4.15. The Morgan fingerprint density at radius 3 is 2.30 bits per heavy atom. The van der Waals surface area contributed by atoms with Crippen molar-refractivity contribution in [1.82, 2.24) is 0 Å². The number of rotatable bonds is 5. The molecule has 0 radical (unpaired) electrons. The summed E-state index contributed by atoms with van der Waals surface area (Å²) in [6, 6.07) is 13.5. The first-order valence-corrected chi connectivity index (χ1v) is 7.58. The number of benzene rings is 2. The molecule has 2 atom stereocenters. The molecule has 0 aliphatic rings. The average molecular weight is 296 g/mol. The van der Waals surface area contributed by atoms with Gasteiger partial charge in [-0.15, -0.1) is 0 Å². The number of halogens is 1. The SMILES string of the molecule is O=P(O)(OCc1ccccc1)C(O)c1ccc(F)cc1. The monoisotopic (exact) mass is 296 g/mol. The van der Waals surface area contributed by atoms with Crippen molar-refractivity contribution in [3.8, 4) is 0 Å². The van der Waals surface area contributed by atoms with Gasteiger partial charge in [0, 0.05) is 0 Å². The molecular weight excluding hydrogens is 282 g/mol. The zero-order chi connectivity index (χ0) is 14.6. The standard InChI is InChI=1S/C14H14FO4P/c15-13-8-6-12(7-9-13)14(16)20(17,18)19-10-11-4-2-1-3-5-11/h1-9,14,16H,10H2,(H,17,18). The highest BCUT2D eigenvalue weighted by Gasteiger charge is 2.32. The van der Waals surface area contributed by atoms with Gasteiger partial charge in [0.1, 0.15) is 5.82 Å². The van der Waals surface area contributed by atoms with Gasteiger partial charge >= 0.3 is 7.60 Å². The molecule has 2 rings (SSSR count). The van der Waals surface area contributed by atoms with E-state index in [2.05, 4.69) is 0 Å². The van der Waals surface area contributed by atoms with E-state index < -0.39 is 19.3 Å². The minimum Gasteiger partial charge on any atom is -0.376 e. The first-order chi connectivity index (χ1) is 9.49. The van der Waals surface area contributed by atoms with E-state index >= 15 is 0 Å². The quantitative estimate of drug-likeness (QED) is 0.831. The molecule has 0 saturated heterocycles. The minimum absolute atomic E-state index is 0.0904. The maximum Gasteiger partial charge on any atom is 0.361 e. The zero-order valence-corrected chi connectivity index (χ0v) is 11.4. The number of aliphatic hydroxyl groups excluding tert-OH is 1. The first-order valence-electron chi connectivity index (χ1n) is 5.93. The number of hydrogen-bond acceptors (Lipinski definition) is 3. The van der Waals surface area contributed by atoms with Gasteiger partial charge in [-0.1, -0.05) is 42.5 Å². The van der Waals surface area contributed by atoms with Crippen LogP contribution in [0.2, 0.25) is 0 Å². The van der Waals surface area contributed by atoms with Crippen LogP contribution in [-0.4, -0.2) is 10.00 Å². The third kappa shape index (κ3) is 3.74. The number of aliphatic hydroxyl groups is 1. The molecule has 0 aliphatic heterocycles. The molecular formula is C14H14FO4P. The Labute approximate surface area is 116 Å². The fourth-order valence-corrected chi connectivity index (χ4v) is 2.66. The van der Waals surface area contributed by atoms with Gasteiger partial charge in [0.15, 0.2) is 5.85 Å². The lowest BCUT2D eigenvalue weighted by molar-refractivity contribution is 0.168. The van der Waals surface area contributed by atoms with Crippen molar-refractivity contribution >= 4 is 7.60 Å². The zero-order valence-electron chi connectivity index (χ0n) is 10.5. The summed E-state index contributed by atoms with van der Waals surface area (Å²) in [6.07, 6.45) is 0. The summed E-state index contributed by atoms with van der Waals surface area (Å²) in [6.45, 7) is -0.0904. The van der Waals surface area contributed by atoms with Gasteiger partial charge in [0.05, 0.1) is 6.61 Å². The summed E-state index contributed by atoms with van der Waals surface area (Å²) in [5.74, 6) is -2.19. The van der Waals surface area contributed by atoms with Crippen molar-refractivity contribution in [2.75, 3.05) is 0 Å². The highest BCUT2D eigenvalue weighted by molar-refractivity contribution is 7.52. The summed E-state index contributed by atoms with van der Waals surface area (Å²) >= 11 is 0. The van der Waals surface area contributed by atoms with Crippen molar-refractivity contribution in [1.29, 1.82) is 0 Å². The molecule has 0 saturated carbocycles. The summed E-state index contributed by atoms with van der Waals surface area (Å²) in [5, 5.41) is 9.86. The van der Waals surface area contributed by atoms with E-state index in [-0.39, 0.29) is 12.2 Å². The fourth-order valence-electron chi connectivity index (χ4n) is 1.64. The predicted octanol–water partition coefficient (Wildman–Crippen LogP) is 3.22. The molecule has 0 heterocycles. The van der Waals surface area contributed by atoms with Crippen LogP contribution < -0.4 is 0 Å². The molecule has 0 bridgehead atoms. The van der Waals surface area contributed by atoms with Crippen LogP contribution in [0.5, 0.6) is 0 Å². The Hall–Kier alpha value is -1.52. The van der Waals surface area contributed by atoms with E-state index in [9.17, 15) is 19.0 Å². The van der Waals surface area contributed by atoms with Crippen LogP contribution in [-0.2, 0) is 15.7 Å². The van der Waals surface area contributed by atoms with Crippen molar-refractivity contribution in [3.63, 3.8) is 0 Å². The second kappa shape index (κ2) is 6.29. The molecule has 0 fully saturated rings. The lowest BCUT2D eigenvalue weighted by atomic mass is 10.2. The van der Waals surface area contributed by atoms with E-state index in [0.717, 1.165) is 12.1 Å². The molecule has 0 spiro atoms. The Balaban J connectivity index is 2.06. The molecule has 0 aliphatic carbocycles. The molecule has 0 aromatic heterocycles. The second-order valence-electron chi connectivity index (χ2n) is 4.25. The minimum atomic E-state index is -4.25. The Morgan fingerprint density at radius 2 is 1.70 bits per heavy atom. The van der Waals surface area contributed by atoms with Gasteiger partial charge in [-0.3, -0.25) is 4.57 Å². The normalized spacial score (nSPS) is 15.6. The predicted molar refractivity (Wildman–Crippen MR) is 72.4 cm³/mol. The van der Waals surface area contributed by atoms with Crippen molar-refractivity contribution in [3.05, 3.63) is 71.5 Å². The second-order valence-corrected chi connectivity index (χ2v) is 6.12. The fraction of sp³-hybridized carbons (Fsp3) is 0.143. The van der Waals surface area contributed by atoms with Crippen molar-refractivity contribution < 1.29 is 23.5 Å². The molecule has 0 amide bonds. The highest BCUT2D eigenvalue weighted by Crippen LogP contribution is 2.55. The lowest BCUT2D eigenvalue weighted by Gasteiger charge is -2.18. The molecule has 20 heavy (non-hydrogen) atoms. The van der Waals surface area contributed by atoms with E-state index in [1.54, 1.807) is 24.3 Å². The maximum atomic E-state index is 12.8. The van der Waals surface area contributed by atoms with Gasteiger partial charge in [-0.05, 0) is 23.3 Å². The van der Waals surface area contributed by atoms with Crippen LogP contribution in [0.1, 0.15) is 17.0 Å². The van der Waals surface area contributed by atoms with Crippen molar-refractivity contribution in [2.24, 2.45) is 0 Å².